The van der Waals surface area contributed by atoms with Gasteiger partial charge in [0.1, 0.15) is 5.70 Å². The SMILES string of the molecule is CCCCCN1C(=O)C(c2ccc([N+](=O)[O-])cc2)=C(N2CC(C)CC(C)C2)C1=O. The van der Waals surface area contributed by atoms with Crippen molar-refractivity contribution in [2.75, 3.05) is 19.6 Å². The first kappa shape index (κ1) is 21.0. The number of benzene rings is 1. The monoisotopic (exact) mass is 399 g/mol. The number of nitro groups is 1. The molecule has 0 aliphatic carbocycles. The quantitative estimate of drug-likeness (QED) is 0.301. The number of amides is 2. The van der Waals surface area contributed by atoms with Crippen molar-refractivity contribution in [3.05, 3.63) is 45.6 Å². The lowest BCUT2D eigenvalue weighted by atomic mass is 9.91. The number of carbonyl (C=O) groups is 2. The van der Waals surface area contributed by atoms with Crippen LogP contribution in [0.25, 0.3) is 5.57 Å². The van der Waals surface area contributed by atoms with Crippen molar-refractivity contribution in [3.8, 4) is 0 Å². The van der Waals surface area contributed by atoms with Gasteiger partial charge in [-0.15, -0.1) is 0 Å². The number of non-ortho nitro benzene ring substituents is 1. The van der Waals surface area contributed by atoms with Crippen molar-refractivity contribution in [3.63, 3.8) is 0 Å². The molecule has 3 rings (SSSR count). The lowest BCUT2D eigenvalue weighted by molar-refractivity contribution is -0.384. The molecule has 2 unspecified atom stereocenters. The van der Waals surface area contributed by atoms with E-state index in [1.165, 1.54) is 17.0 Å². The predicted molar refractivity (Wildman–Crippen MR) is 111 cm³/mol. The van der Waals surface area contributed by atoms with Crippen LogP contribution < -0.4 is 0 Å². The molecular formula is C22H29N3O4. The number of rotatable bonds is 7. The number of hydrogen-bond acceptors (Lipinski definition) is 5. The largest absolute Gasteiger partial charge is 0.366 e. The molecule has 2 amide bonds. The number of nitrogens with zero attached hydrogens (tertiary/aromatic N) is 3. The highest BCUT2D eigenvalue weighted by atomic mass is 16.6. The van der Waals surface area contributed by atoms with Gasteiger partial charge in [-0.25, -0.2) is 0 Å². The molecule has 1 saturated heterocycles. The maximum absolute atomic E-state index is 13.3. The zero-order chi connectivity index (χ0) is 21.1. The molecule has 2 atom stereocenters. The second kappa shape index (κ2) is 8.76. The van der Waals surface area contributed by atoms with Gasteiger partial charge in [0.15, 0.2) is 0 Å². The third-order valence-corrected chi connectivity index (χ3v) is 5.68. The highest BCUT2D eigenvalue weighted by Crippen LogP contribution is 2.35. The summed E-state index contributed by atoms with van der Waals surface area (Å²) in [7, 11) is 0. The van der Waals surface area contributed by atoms with Crippen molar-refractivity contribution in [2.45, 2.75) is 46.5 Å². The molecule has 0 saturated carbocycles. The molecule has 7 nitrogen and oxygen atoms in total. The Morgan fingerprint density at radius 3 is 2.21 bits per heavy atom. The Morgan fingerprint density at radius 2 is 1.66 bits per heavy atom. The van der Waals surface area contributed by atoms with Crippen LogP contribution in [0.1, 0.15) is 52.0 Å². The van der Waals surface area contributed by atoms with E-state index < -0.39 is 4.92 Å². The van der Waals surface area contributed by atoms with Crippen LogP contribution in [0.2, 0.25) is 0 Å². The standard InChI is InChI=1S/C22H29N3O4/c1-4-5-6-11-24-21(26)19(17-7-9-18(10-8-17)25(28)29)20(22(24)27)23-13-15(2)12-16(3)14-23/h7-10,15-16H,4-6,11-14H2,1-3H3. The number of hydrogen-bond donors (Lipinski definition) is 0. The Balaban J connectivity index is 2.01. The minimum absolute atomic E-state index is 0.0345. The van der Waals surface area contributed by atoms with Crippen LogP contribution in [0.3, 0.4) is 0 Å². The van der Waals surface area contributed by atoms with E-state index in [0.29, 0.717) is 35.2 Å². The first-order valence-corrected chi connectivity index (χ1v) is 10.4. The zero-order valence-corrected chi connectivity index (χ0v) is 17.4. The summed E-state index contributed by atoms with van der Waals surface area (Å²) >= 11 is 0. The van der Waals surface area contributed by atoms with Crippen LogP contribution in [0.4, 0.5) is 5.69 Å². The van der Waals surface area contributed by atoms with Crippen LogP contribution in [-0.2, 0) is 9.59 Å². The minimum atomic E-state index is -0.467. The number of likely N-dealkylation sites (tertiary alicyclic amines) is 1. The Kier molecular flexibility index (Phi) is 6.35. The van der Waals surface area contributed by atoms with E-state index >= 15 is 0 Å². The van der Waals surface area contributed by atoms with E-state index in [1.54, 1.807) is 12.1 Å². The zero-order valence-electron chi connectivity index (χ0n) is 17.4. The van der Waals surface area contributed by atoms with Gasteiger partial charge < -0.3 is 4.90 Å². The van der Waals surface area contributed by atoms with Gasteiger partial charge in [-0.2, -0.15) is 0 Å². The first-order valence-electron chi connectivity index (χ1n) is 10.4. The third-order valence-electron chi connectivity index (χ3n) is 5.68. The Bertz CT molecular complexity index is 821. The average Bonchev–Trinajstić information content (AvgIpc) is 2.92. The van der Waals surface area contributed by atoms with Crippen molar-refractivity contribution in [1.29, 1.82) is 0 Å². The Morgan fingerprint density at radius 1 is 1.03 bits per heavy atom. The van der Waals surface area contributed by atoms with Crippen molar-refractivity contribution in [1.82, 2.24) is 9.80 Å². The number of imide groups is 1. The molecule has 2 aliphatic heterocycles. The van der Waals surface area contributed by atoms with E-state index in [2.05, 4.69) is 25.7 Å². The van der Waals surface area contributed by atoms with E-state index in [4.69, 9.17) is 0 Å². The molecule has 156 valence electrons. The maximum atomic E-state index is 13.3. The molecule has 2 aliphatic rings. The lowest BCUT2D eigenvalue weighted by Gasteiger charge is -2.37. The molecule has 0 bridgehead atoms. The highest BCUT2D eigenvalue weighted by Gasteiger charge is 2.42. The summed E-state index contributed by atoms with van der Waals surface area (Å²) in [5.41, 5.74) is 1.36. The Hall–Kier alpha value is -2.70. The fourth-order valence-electron chi connectivity index (χ4n) is 4.44. The highest BCUT2D eigenvalue weighted by molar-refractivity contribution is 6.35. The summed E-state index contributed by atoms with van der Waals surface area (Å²) in [6, 6.07) is 5.92. The van der Waals surface area contributed by atoms with Crippen LogP contribution in [0.15, 0.2) is 30.0 Å². The fraction of sp³-hybridized carbons (Fsp3) is 0.545. The molecule has 0 radical (unpaired) electrons. The summed E-state index contributed by atoms with van der Waals surface area (Å²) < 4.78 is 0. The maximum Gasteiger partial charge on any atom is 0.277 e. The first-order chi connectivity index (χ1) is 13.8. The van der Waals surface area contributed by atoms with Gasteiger partial charge in [0.05, 0.1) is 10.5 Å². The summed E-state index contributed by atoms with van der Waals surface area (Å²) in [5, 5.41) is 11.0. The van der Waals surface area contributed by atoms with E-state index in [0.717, 1.165) is 38.8 Å². The summed E-state index contributed by atoms with van der Waals surface area (Å²) in [6.07, 6.45) is 3.84. The summed E-state index contributed by atoms with van der Waals surface area (Å²) in [4.78, 5) is 40.4. The summed E-state index contributed by atoms with van der Waals surface area (Å²) in [6.45, 7) is 8.28. The normalized spacial score (nSPS) is 22.6. The van der Waals surface area contributed by atoms with E-state index in [-0.39, 0.29) is 17.5 Å². The number of nitro benzene ring substituents is 1. The number of unbranched alkanes of at least 4 members (excludes halogenated alkanes) is 2. The van der Waals surface area contributed by atoms with Gasteiger partial charge >= 0.3 is 0 Å². The van der Waals surface area contributed by atoms with Crippen LogP contribution >= 0.6 is 0 Å². The fourth-order valence-corrected chi connectivity index (χ4v) is 4.44. The van der Waals surface area contributed by atoms with Gasteiger partial charge in [-0.1, -0.05) is 33.6 Å². The topological polar surface area (TPSA) is 83.8 Å². The van der Waals surface area contributed by atoms with Gasteiger partial charge in [0.25, 0.3) is 17.5 Å². The van der Waals surface area contributed by atoms with Gasteiger partial charge in [-0.05, 0) is 42.4 Å². The minimum Gasteiger partial charge on any atom is -0.366 e. The summed E-state index contributed by atoms with van der Waals surface area (Å²) in [5.74, 6) is 0.337. The van der Waals surface area contributed by atoms with Gasteiger partial charge in [0.2, 0.25) is 0 Å². The van der Waals surface area contributed by atoms with Crippen molar-refractivity contribution < 1.29 is 14.5 Å². The lowest BCUT2D eigenvalue weighted by Crippen LogP contribution is -2.42. The molecule has 29 heavy (non-hydrogen) atoms. The smallest absolute Gasteiger partial charge is 0.277 e. The van der Waals surface area contributed by atoms with E-state index in [1.807, 2.05) is 0 Å². The molecule has 2 heterocycles. The predicted octanol–water partition coefficient (Wildman–Crippen LogP) is 3.84. The van der Waals surface area contributed by atoms with Crippen LogP contribution in [-0.4, -0.2) is 46.2 Å². The van der Waals surface area contributed by atoms with Gasteiger partial charge in [-0.3, -0.25) is 24.6 Å². The van der Waals surface area contributed by atoms with Crippen molar-refractivity contribution in [2.24, 2.45) is 11.8 Å². The third kappa shape index (κ3) is 4.33. The van der Waals surface area contributed by atoms with Crippen molar-refractivity contribution >= 4 is 23.1 Å². The number of piperidine rings is 1. The van der Waals surface area contributed by atoms with Gasteiger partial charge in [0, 0.05) is 31.8 Å². The Labute approximate surface area is 171 Å². The second-order valence-corrected chi connectivity index (χ2v) is 8.35. The molecule has 0 aromatic heterocycles. The molecule has 0 N–H and O–H groups in total. The molecule has 1 aromatic carbocycles. The van der Waals surface area contributed by atoms with Crippen LogP contribution in [0.5, 0.6) is 0 Å². The van der Waals surface area contributed by atoms with E-state index in [9.17, 15) is 19.7 Å². The average molecular weight is 399 g/mol. The molecular weight excluding hydrogens is 370 g/mol. The molecule has 0 spiro atoms. The molecule has 7 heteroatoms. The second-order valence-electron chi connectivity index (χ2n) is 8.35. The number of carbonyl (C=O) groups excluding carboxylic acids is 2. The molecule has 1 fully saturated rings. The molecule has 1 aromatic rings. The van der Waals surface area contributed by atoms with Crippen LogP contribution in [0, 0.1) is 22.0 Å².